The molecular formula is C15H22N4O. The van der Waals surface area contributed by atoms with Crippen molar-refractivity contribution in [2.75, 3.05) is 20.3 Å². The van der Waals surface area contributed by atoms with Gasteiger partial charge in [0.25, 0.3) is 0 Å². The molecule has 2 heterocycles. The van der Waals surface area contributed by atoms with Gasteiger partial charge in [0, 0.05) is 45.2 Å². The van der Waals surface area contributed by atoms with Gasteiger partial charge in [0.05, 0.1) is 6.61 Å². The molecule has 0 bridgehead atoms. The molecule has 5 nitrogen and oxygen atoms in total. The molecule has 2 rings (SSSR count). The minimum atomic E-state index is 0.722. The van der Waals surface area contributed by atoms with Gasteiger partial charge in [-0.05, 0) is 24.1 Å². The summed E-state index contributed by atoms with van der Waals surface area (Å²) in [6, 6.07) is 2.17. The first-order chi connectivity index (χ1) is 9.76. The molecule has 0 atom stereocenters. The maximum atomic E-state index is 5.01. The summed E-state index contributed by atoms with van der Waals surface area (Å²) >= 11 is 0. The Morgan fingerprint density at radius 3 is 2.90 bits per heavy atom. The average molecular weight is 274 g/mol. The maximum absolute atomic E-state index is 5.01. The highest BCUT2D eigenvalue weighted by atomic mass is 16.5. The van der Waals surface area contributed by atoms with E-state index in [1.807, 2.05) is 18.6 Å². The van der Waals surface area contributed by atoms with Crippen LogP contribution in [-0.2, 0) is 17.7 Å². The second-order valence-corrected chi connectivity index (χ2v) is 4.72. The second kappa shape index (κ2) is 7.17. The minimum absolute atomic E-state index is 0.722. The van der Waals surface area contributed by atoms with Gasteiger partial charge in [-0.2, -0.15) is 0 Å². The molecule has 0 aliphatic rings. The minimum Gasteiger partial charge on any atom is -0.383 e. The summed E-state index contributed by atoms with van der Waals surface area (Å²) in [4.78, 5) is 8.92. The van der Waals surface area contributed by atoms with Gasteiger partial charge in [0.15, 0.2) is 0 Å². The Morgan fingerprint density at radius 2 is 2.20 bits per heavy atom. The van der Waals surface area contributed by atoms with Crippen LogP contribution >= 0.6 is 0 Å². The van der Waals surface area contributed by atoms with Crippen LogP contribution in [0.2, 0.25) is 0 Å². The lowest BCUT2D eigenvalue weighted by molar-refractivity contribution is 0.199. The molecule has 108 valence electrons. The number of nitrogens with one attached hydrogen (secondary N) is 1. The summed E-state index contributed by atoms with van der Waals surface area (Å²) < 4.78 is 7.06. The van der Waals surface area contributed by atoms with Crippen LogP contribution in [0.15, 0.2) is 24.7 Å². The van der Waals surface area contributed by atoms with E-state index in [-0.39, 0.29) is 0 Å². The largest absolute Gasteiger partial charge is 0.383 e. The summed E-state index contributed by atoms with van der Waals surface area (Å²) in [5.41, 5.74) is 2.34. The van der Waals surface area contributed by atoms with Crippen molar-refractivity contribution in [3.63, 3.8) is 0 Å². The molecule has 0 aliphatic heterocycles. The number of ether oxygens (including phenoxy) is 1. The summed E-state index contributed by atoms with van der Waals surface area (Å²) in [6.07, 6.45) is 6.60. The Labute approximate surface area is 120 Å². The molecular weight excluding hydrogens is 252 g/mol. The average Bonchev–Trinajstić information content (AvgIpc) is 2.92. The van der Waals surface area contributed by atoms with Crippen molar-refractivity contribution in [1.82, 2.24) is 19.9 Å². The van der Waals surface area contributed by atoms with E-state index in [2.05, 4.69) is 39.8 Å². The fraction of sp³-hybridized carbons (Fsp3) is 0.467. The van der Waals surface area contributed by atoms with E-state index >= 15 is 0 Å². The highest BCUT2D eigenvalue weighted by molar-refractivity contribution is 5.36. The third-order valence-electron chi connectivity index (χ3n) is 3.18. The first-order valence-corrected chi connectivity index (χ1v) is 6.94. The zero-order valence-electron chi connectivity index (χ0n) is 12.4. The number of methoxy groups -OCH3 is 1. The van der Waals surface area contributed by atoms with Gasteiger partial charge in [-0.3, -0.25) is 4.57 Å². The van der Waals surface area contributed by atoms with Gasteiger partial charge in [-0.25, -0.2) is 9.97 Å². The molecule has 5 heteroatoms. The van der Waals surface area contributed by atoms with Crippen LogP contribution in [0.5, 0.6) is 0 Å². The number of hydrogen-bond acceptors (Lipinski definition) is 4. The Morgan fingerprint density at radius 1 is 1.35 bits per heavy atom. The lowest BCUT2D eigenvalue weighted by atomic mass is 10.2. The summed E-state index contributed by atoms with van der Waals surface area (Å²) in [7, 11) is 1.71. The molecule has 0 saturated heterocycles. The highest BCUT2D eigenvalue weighted by Crippen LogP contribution is 2.15. The van der Waals surface area contributed by atoms with E-state index < -0.39 is 0 Å². The summed E-state index contributed by atoms with van der Waals surface area (Å²) in [5.74, 6) is 1.99. The van der Waals surface area contributed by atoms with Gasteiger partial charge in [0.2, 0.25) is 0 Å². The van der Waals surface area contributed by atoms with Crippen LogP contribution in [0.1, 0.15) is 23.9 Å². The lowest BCUT2D eigenvalue weighted by Crippen LogP contribution is -2.19. The number of imidazole rings is 1. The van der Waals surface area contributed by atoms with Crippen LogP contribution in [0.3, 0.4) is 0 Å². The number of hydrogen-bond donors (Lipinski definition) is 1. The quantitative estimate of drug-likeness (QED) is 0.783. The lowest BCUT2D eigenvalue weighted by Gasteiger charge is -2.11. The van der Waals surface area contributed by atoms with E-state index in [1.165, 1.54) is 5.56 Å². The third-order valence-corrected chi connectivity index (χ3v) is 3.18. The Kier molecular flexibility index (Phi) is 5.26. The zero-order valence-corrected chi connectivity index (χ0v) is 12.4. The van der Waals surface area contributed by atoms with Crippen LogP contribution in [0, 0.1) is 6.92 Å². The molecule has 0 fully saturated rings. The maximum Gasteiger partial charge on any atom is 0.140 e. The number of aryl methyl sites for hydroxylation is 2. The number of nitrogens with zero attached hydrogens (tertiary/aromatic N) is 3. The number of aromatic nitrogens is 3. The van der Waals surface area contributed by atoms with Gasteiger partial charge in [0.1, 0.15) is 11.6 Å². The number of rotatable bonds is 7. The first-order valence-electron chi connectivity index (χ1n) is 6.94. The molecule has 2 aromatic heterocycles. The number of pyridine rings is 1. The SMILES string of the molecule is CCc1nccn1-c1ncc(CNCCOC)cc1C. The third kappa shape index (κ3) is 3.43. The van der Waals surface area contributed by atoms with E-state index in [9.17, 15) is 0 Å². The molecule has 0 aliphatic carbocycles. The van der Waals surface area contributed by atoms with E-state index in [0.717, 1.165) is 43.3 Å². The molecule has 1 N–H and O–H groups in total. The zero-order chi connectivity index (χ0) is 14.4. The Bertz CT molecular complexity index is 551. The molecule has 0 unspecified atom stereocenters. The molecule has 20 heavy (non-hydrogen) atoms. The van der Waals surface area contributed by atoms with Gasteiger partial charge in [-0.1, -0.05) is 6.92 Å². The first kappa shape index (κ1) is 14.7. The van der Waals surface area contributed by atoms with Gasteiger partial charge in [-0.15, -0.1) is 0 Å². The summed E-state index contributed by atoms with van der Waals surface area (Å²) in [6.45, 7) is 6.56. The van der Waals surface area contributed by atoms with Crippen molar-refractivity contribution in [2.45, 2.75) is 26.8 Å². The van der Waals surface area contributed by atoms with Gasteiger partial charge >= 0.3 is 0 Å². The van der Waals surface area contributed by atoms with Crippen molar-refractivity contribution in [1.29, 1.82) is 0 Å². The normalized spacial score (nSPS) is 10.9. The van der Waals surface area contributed by atoms with E-state index in [4.69, 9.17) is 4.74 Å². The van der Waals surface area contributed by atoms with Crippen molar-refractivity contribution < 1.29 is 4.74 Å². The second-order valence-electron chi connectivity index (χ2n) is 4.72. The monoisotopic (exact) mass is 274 g/mol. The fourth-order valence-electron chi connectivity index (χ4n) is 2.17. The Balaban J connectivity index is 2.10. The smallest absolute Gasteiger partial charge is 0.140 e. The van der Waals surface area contributed by atoms with Crippen molar-refractivity contribution in [2.24, 2.45) is 0 Å². The molecule has 0 aromatic carbocycles. The van der Waals surface area contributed by atoms with Crippen molar-refractivity contribution in [3.8, 4) is 5.82 Å². The van der Waals surface area contributed by atoms with Crippen LogP contribution in [0.4, 0.5) is 0 Å². The standard InChI is InChI=1S/C15H22N4O/c1-4-14-17-5-7-19(14)15-12(2)9-13(11-18-15)10-16-6-8-20-3/h5,7,9,11,16H,4,6,8,10H2,1-3H3. The molecule has 0 radical (unpaired) electrons. The van der Waals surface area contributed by atoms with Crippen LogP contribution in [-0.4, -0.2) is 34.8 Å². The highest BCUT2D eigenvalue weighted by Gasteiger charge is 2.08. The molecule has 2 aromatic rings. The van der Waals surface area contributed by atoms with E-state index in [0.29, 0.717) is 0 Å². The fourth-order valence-corrected chi connectivity index (χ4v) is 2.17. The predicted molar refractivity (Wildman–Crippen MR) is 79.1 cm³/mol. The topological polar surface area (TPSA) is 52.0 Å². The molecule has 0 spiro atoms. The van der Waals surface area contributed by atoms with E-state index in [1.54, 1.807) is 7.11 Å². The van der Waals surface area contributed by atoms with Crippen molar-refractivity contribution in [3.05, 3.63) is 41.6 Å². The van der Waals surface area contributed by atoms with Crippen LogP contribution in [0.25, 0.3) is 5.82 Å². The van der Waals surface area contributed by atoms with Crippen LogP contribution < -0.4 is 5.32 Å². The van der Waals surface area contributed by atoms with Gasteiger partial charge < -0.3 is 10.1 Å². The Hall–Kier alpha value is -1.72. The molecule has 0 amide bonds. The van der Waals surface area contributed by atoms with Crippen molar-refractivity contribution >= 4 is 0 Å². The molecule has 0 saturated carbocycles. The predicted octanol–water partition coefficient (Wildman–Crippen LogP) is 1.87. The summed E-state index contributed by atoms with van der Waals surface area (Å²) in [5, 5.41) is 3.32.